The summed E-state index contributed by atoms with van der Waals surface area (Å²) in [5.74, 6) is 0.492. The van der Waals surface area contributed by atoms with Crippen LogP contribution >= 0.6 is 0 Å². The third-order valence-corrected chi connectivity index (χ3v) is 7.96. The van der Waals surface area contributed by atoms with Crippen molar-refractivity contribution in [1.29, 1.82) is 0 Å². The predicted molar refractivity (Wildman–Crippen MR) is 165 cm³/mol. The van der Waals surface area contributed by atoms with Gasteiger partial charge >= 0.3 is 0 Å². The maximum absolute atomic E-state index is 6.24. The van der Waals surface area contributed by atoms with Crippen LogP contribution in [0.1, 0.15) is 18.2 Å². The van der Waals surface area contributed by atoms with Crippen LogP contribution in [0.15, 0.2) is 126 Å². The number of para-hydroxylation sites is 3. The van der Waals surface area contributed by atoms with Gasteiger partial charge in [0.2, 0.25) is 5.71 Å². The second-order valence-corrected chi connectivity index (χ2v) is 10.6. The average Bonchev–Trinajstić information content (AvgIpc) is 3.53. The highest BCUT2D eigenvalue weighted by Gasteiger charge is 2.22. The second kappa shape index (κ2) is 8.99. The van der Waals surface area contributed by atoms with Gasteiger partial charge in [-0.3, -0.25) is 0 Å². The lowest BCUT2D eigenvalue weighted by Gasteiger charge is -2.25. The Hall–Kier alpha value is -5.09. The molecule has 3 heterocycles. The molecule has 1 aliphatic carbocycles. The van der Waals surface area contributed by atoms with E-state index in [4.69, 9.17) is 9.40 Å². The minimum Gasteiger partial charge on any atom is -0.438 e. The largest absolute Gasteiger partial charge is 0.438 e. The molecule has 0 fully saturated rings. The number of allylic oxidation sites excluding steroid dienone is 1. The van der Waals surface area contributed by atoms with Crippen LogP contribution in [-0.2, 0) is 6.42 Å². The summed E-state index contributed by atoms with van der Waals surface area (Å²) in [6.07, 6.45) is 7.55. The molecule has 192 valence electrons. The van der Waals surface area contributed by atoms with Gasteiger partial charge in [0.1, 0.15) is 5.58 Å². The van der Waals surface area contributed by atoms with Gasteiger partial charge in [0.15, 0.2) is 0 Å². The number of anilines is 3. The molecule has 40 heavy (non-hydrogen) atoms. The van der Waals surface area contributed by atoms with E-state index in [1.165, 1.54) is 22.2 Å². The number of aromatic nitrogens is 2. The fourth-order valence-corrected chi connectivity index (χ4v) is 6.13. The second-order valence-electron chi connectivity index (χ2n) is 10.6. The van der Waals surface area contributed by atoms with E-state index in [0.29, 0.717) is 11.6 Å². The highest BCUT2D eigenvalue weighted by Crippen LogP contribution is 2.40. The lowest BCUT2D eigenvalue weighted by Crippen LogP contribution is -2.09. The van der Waals surface area contributed by atoms with E-state index < -0.39 is 0 Å². The average molecular weight is 518 g/mol. The summed E-state index contributed by atoms with van der Waals surface area (Å²) in [7, 11) is 0. The Kier molecular flexibility index (Phi) is 5.14. The van der Waals surface area contributed by atoms with Gasteiger partial charge in [0.05, 0.1) is 22.8 Å². The first-order valence-electron chi connectivity index (χ1n) is 13.8. The fourth-order valence-electron chi connectivity index (χ4n) is 6.13. The van der Waals surface area contributed by atoms with Crippen LogP contribution in [-0.4, -0.2) is 9.55 Å². The first-order valence-corrected chi connectivity index (χ1v) is 13.8. The molecule has 1 aliphatic rings. The number of benzene rings is 4. The molecule has 4 aromatic carbocycles. The number of furan rings is 1. The predicted octanol–water partition coefficient (Wildman–Crippen LogP) is 9.60. The van der Waals surface area contributed by atoms with E-state index in [1.54, 1.807) is 0 Å². The molecule has 0 N–H and O–H groups in total. The molecule has 8 rings (SSSR count). The lowest BCUT2D eigenvalue weighted by molar-refractivity contribution is 0.653. The highest BCUT2D eigenvalue weighted by atomic mass is 16.3. The summed E-state index contributed by atoms with van der Waals surface area (Å²) in [6.45, 7) is 2.28. The number of hydrogen-bond acceptors (Lipinski definition) is 3. The third kappa shape index (κ3) is 3.57. The topological polar surface area (TPSA) is 34.2 Å². The van der Waals surface area contributed by atoms with Gasteiger partial charge in [-0.15, -0.1) is 0 Å². The normalized spacial score (nSPS) is 14.7. The fraction of sp³-hybridized carbons (Fsp3) is 0.0833. The number of nitrogens with zero attached hydrogens (tertiary/aromatic N) is 3. The van der Waals surface area contributed by atoms with Crippen molar-refractivity contribution in [2.75, 3.05) is 4.90 Å². The van der Waals surface area contributed by atoms with Crippen LogP contribution < -0.4 is 4.90 Å². The van der Waals surface area contributed by atoms with Gasteiger partial charge in [-0.25, -0.2) is 4.98 Å². The molecule has 4 heteroatoms. The Labute approximate surface area is 232 Å². The van der Waals surface area contributed by atoms with Gasteiger partial charge < -0.3 is 13.9 Å². The van der Waals surface area contributed by atoms with Gasteiger partial charge in [-0.05, 0) is 66.9 Å². The Balaban J connectivity index is 1.34. The molecule has 0 saturated carbocycles. The first-order chi connectivity index (χ1) is 19.7. The minimum atomic E-state index is 0.492. The van der Waals surface area contributed by atoms with Crippen LogP contribution in [0.2, 0.25) is 0 Å². The molecular formula is C36H27N3O. The first kappa shape index (κ1) is 22.9. The molecule has 0 aliphatic heterocycles. The summed E-state index contributed by atoms with van der Waals surface area (Å²) < 4.78 is 8.63. The Morgan fingerprint density at radius 2 is 1.48 bits per heavy atom. The van der Waals surface area contributed by atoms with E-state index in [1.807, 2.05) is 18.3 Å². The van der Waals surface area contributed by atoms with Crippen molar-refractivity contribution in [2.45, 2.75) is 13.3 Å². The molecule has 0 spiro atoms. The zero-order valence-electron chi connectivity index (χ0n) is 22.2. The summed E-state index contributed by atoms with van der Waals surface area (Å²) in [5.41, 5.74) is 9.68. The molecule has 0 bridgehead atoms. The van der Waals surface area contributed by atoms with Crippen molar-refractivity contribution in [3.05, 3.63) is 133 Å². The van der Waals surface area contributed by atoms with Crippen molar-refractivity contribution < 1.29 is 4.42 Å². The molecule has 1 atom stereocenters. The maximum Gasteiger partial charge on any atom is 0.227 e. The van der Waals surface area contributed by atoms with Crippen molar-refractivity contribution in [3.8, 4) is 5.69 Å². The van der Waals surface area contributed by atoms with E-state index in [2.05, 4.69) is 126 Å². The van der Waals surface area contributed by atoms with Crippen LogP contribution in [0.4, 0.5) is 17.1 Å². The van der Waals surface area contributed by atoms with Crippen LogP contribution in [0.25, 0.3) is 44.7 Å². The summed E-state index contributed by atoms with van der Waals surface area (Å²) in [5, 5.41) is 3.35. The van der Waals surface area contributed by atoms with Gasteiger partial charge in [0.25, 0.3) is 0 Å². The summed E-state index contributed by atoms with van der Waals surface area (Å²) >= 11 is 0. The number of rotatable bonds is 4. The van der Waals surface area contributed by atoms with Crippen LogP contribution in [0, 0.1) is 5.92 Å². The molecule has 0 amide bonds. The smallest absolute Gasteiger partial charge is 0.227 e. The molecule has 0 saturated heterocycles. The van der Waals surface area contributed by atoms with Crippen molar-refractivity contribution >= 4 is 56.1 Å². The minimum absolute atomic E-state index is 0.492. The van der Waals surface area contributed by atoms with E-state index >= 15 is 0 Å². The summed E-state index contributed by atoms with van der Waals surface area (Å²) in [4.78, 5) is 7.10. The molecular weight excluding hydrogens is 490 g/mol. The van der Waals surface area contributed by atoms with Crippen LogP contribution in [0.5, 0.6) is 0 Å². The van der Waals surface area contributed by atoms with Gasteiger partial charge in [-0.2, -0.15) is 0 Å². The van der Waals surface area contributed by atoms with E-state index in [9.17, 15) is 0 Å². The third-order valence-electron chi connectivity index (χ3n) is 7.96. The lowest BCUT2D eigenvalue weighted by atomic mass is 9.95. The van der Waals surface area contributed by atoms with Gasteiger partial charge in [0, 0.05) is 39.1 Å². The molecule has 7 aromatic rings. The molecule has 4 nitrogen and oxygen atoms in total. The zero-order valence-corrected chi connectivity index (χ0v) is 22.2. The monoisotopic (exact) mass is 517 g/mol. The number of hydrogen-bond donors (Lipinski definition) is 0. The number of fused-ring (bicyclic) bond motifs is 6. The Morgan fingerprint density at radius 1 is 0.750 bits per heavy atom. The summed E-state index contributed by atoms with van der Waals surface area (Å²) in [6, 6.07) is 38.3. The Morgan fingerprint density at radius 3 is 2.25 bits per heavy atom. The quantitative estimate of drug-likeness (QED) is 0.233. The molecule has 1 unspecified atom stereocenters. The maximum atomic E-state index is 6.24. The van der Waals surface area contributed by atoms with Gasteiger partial charge in [-0.1, -0.05) is 73.7 Å². The Bertz CT molecular complexity index is 2010. The standard InChI is InChI=1S/C36H27N3O/c1-24-16-18-30-29-14-8-9-15-33(29)39(34(30)20-24)28-22-32-31-21-27(17-19-35(31)40-36(32)37-23-28)38(25-10-4-2-5-11-25)26-12-6-3-7-13-26/h2-19,21-24H,20H2,1H3. The van der Waals surface area contributed by atoms with Crippen molar-refractivity contribution in [1.82, 2.24) is 9.55 Å². The van der Waals surface area contributed by atoms with E-state index in [0.717, 1.165) is 45.5 Å². The molecule has 0 radical (unpaired) electrons. The molecule has 3 aromatic heterocycles. The SMILES string of the molecule is CC1C=Cc2c(n(-c3cnc4oc5ccc(N(c6ccccc6)c6ccccc6)cc5c4c3)c3ccccc23)C1. The van der Waals surface area contributed by atoms with Crippen molar-refractivity contribution in [3.63, 3.8) is 0 Å². The zero-order chi connectivity index (χ0) is 26.6. The van der Waals surface area contributed by atoms with Crippen LogP contribution in [0.3, 0.4) is 0 Å². The highest BCUT2D eigenvalue weighted by molar-refractivity contribution is 6.06. The number of pyridine rings is 1. The van der Waals surface area contributed by atoms with Crippen molar-refractivity contribution in [2.24, 2.45) is 5.92 Å². The van der Waals surface area contributed by atoms with E-state index in [-0.39, 0.29) is 0 Å².